The number of hydrogen-bond donors (Lipinski definition) is 1. The van der Waals surface area contributed by atoms with Crippen molar-refractivity contribution in [3.8, 4) is 11.4 Å². The number of nitrogens with zero attached hydrogens (tertiary/aromatic N) is 3. The van der Waals surface area contributed by atoms with Gasteiger partial charge in [-0.2, -0.15) is 16.7 Å². The summed E-state index contributed by atoms with van der Waals surface area (Å²) >= 11 is 5.27. The molecule has 5 nitrogen and oxygen atoms in total. The fourth-order valence-electron chi connectivity index (χ4n) is 1.75. The highest BCUT2D eigenvalue weighted by molar-refractivity contribution is 9.10. The Balaban J connectivity index is 1.84. The summed E-state index contributed by atoms with van der Waals surface area (Å²) in [6, 6.07) is 2.08. The summed E-state index contributed by atoms with van der Waals surface area (Å²) in [6.07, 6.45) is 3.45. The molecule has 0 spiro atoms. The molecule has 2 aromatic heterocycles. The lowest BCUT2D eigenvalue weighted by molar-refractivity contribution is 0.342. The molecule has 3 heterocycles. The van der Waals surface area contributed by atoms with E-state index in [-0.39, 0.29) is 6.04 Å². The van der Waals surface area contributed by atoms with Crippen molar-refractivity contribution in [1.82, 2.24) is 20.4 Å². The number of nitrogens with one attached hydrogen (secondary N) is 1. The van der Waals surface area contributed by atoms with Crippen molar-refractivity contribution in [3.63, 3.8) is 0 Å². The van der Waals surface area contributed by atoms with Gasteiger partial charge in [-0.25, -0.2) is 0 Å². The third kappa shape index (κ3) is 2.57. The minimum atomic E-state index is 0.158. The van der Waals surface area contributed by atoms with Crippen molar-refractivity contribution in [1.29, 1.82) is 0 Å². The van der Waals surface area contributed by atoms with Gasteiger partial charge in [-0.1, -0.05) is 5.16 Å². The molecule has 0 bridgehead atoms. The third-order valence-corrected chi connectivity index (χ3v) is 4.12. The van der Waals surface area contributed by atoms with E-state index in [1.807, 2.05) is 17.8 Å². The Bertz CT molecular complexity index is 541. The van der Waals surface area contributed by atoms with Gasteiger partial charge in [0.15, 0.2) is 0 Å². The van der Waals surface area contributed by atoms with Gasteiger partial charge in [0.2, 0.25) is 11.7 Å². The van der Waals surface area contributed by atoms with Crippen LogP contribution in [0, 0.1) is 0 Å². The molecule has 0 aliphatic carbocycles. The Kier molecular flexibility index (Phi) is 3.62. The largest absolute Gasteiger partial charge is 0.337 e. The highest BCUT2D eigenvalue weighted by Crippen LogP contribution is 2.24. The van der Waals surface area contributed by atoms with Crippen molar-refractivity contribution in [2.24, 2.45) is 0 Å². The van der Waals surface area contributed by atoms with Crippen LogP contribution in [-0.4, -0.2) is 33.2 Å². The molecule has 1 atom stereocenters. The average molecular weight is 327 g/mol. The highest BCUT2D eigenvalue weighted by atomic mass is 79.9. The SMILES string of the molecule is Brc1cncc(-c2noc(C3CSCCN3)n2)c1. The molecular formula is C11H11BrN4OS. The van der Waals surface area contributed by atoms with E-state index in [9.17, 15) is 0 Å². The maximum Gasteiger partial charge on any atom is 0.244 e. The van der Waals surface area contributed by atoms with Crippen LogP contribution >= 0.6 is 27.7 Å². The van der Waals surface area contributed by atoms with Gasteiger partial charge >= 0.3 is 0 Å². The third-order valence-electron chi connectivity index (χ3n) is 2.62. The minimum absolute atomic E-state index is 0.158. The average Bonchev–Trinajstić information content (AvgIpc) is 2.89. The summed E-state index contributed by atoms with van der Waals surface area (Å²) in [5, 5.41) is 7.38. The van der Waals surface area contributed by atoms with E-state index in [1.165, 1.54) is 0 Å². The second kappa shape index (κ2) is 5.38. The lowest BCUT2D eigenvalue weighted by Gasteiger charge is -2.19. The number of rotatable bonds is 2. The van der Waals surface area contributed by atoms with E-state index in [2.05, 4.69) is 36.4 Å². The molecule has 94 valence electrons. The van der Waals surface area contributed by atoms with E-state index in [0.717, 1.165) is 28.1 Å². The van der Waals surface area contributed by atoms with Crippen LogP contribution in [0.3, 0.4) is 0 Å². The summed E-state index contributed by atoms with van der Waals surface area (Å²) in [5.74, 6) is 3.33. The van der Waals surface area contributed by atoms with Crippen LogP contribution in [0.4, 0.5) is 0 Å². The summed E-state index contributed by atoms with van der Waals surface area (Å²) in [5.41, 5.74) is 0.850. The molecule has 1 aliphatic rings. The Morgan fingerprint density at radius 2 is 2.39 bits per heavy atom. The Labute approximate surface area is 117 Å². The molecule has 18 heavy (non-hydrogen) atoms. The number of aromatic nitrogens is 3. The van der Waals surface area contributed by atoms with Gasteiger partial charge in [-0.05, 0) is 22.0 Å². The molecule has 0 radical (unpaired) electrons. The summed E-state index contributed by atoms with van der Waals surface area (Å²) in [6.45, 7) is 0.978. The summed E-state index contributed by atoms with van der Waals surface area (Å²) in [7, 11) is 0. The summed E-state index contributed by atoms with van der Waals surface area (Å²) in [4.78, 5) is 8.52. The van der Waals surface area contributed by atoms with Gasteiger partial charge in [0.05, 0.1) is 6.04 Å². The lowest BCUT2D eigenvalue weighted by atomic mass is 10.3. The fourth-order valence-corrected chi connectivity index (χ4v) is 3.04. The topological polar surface area (TPSA) is 63.8 Å². The van der Waals surface area contributed by atoms with Crippen LogP contribution < -0.4 is 5.32 Å². The molecule has 7 heteroatoms. The molecule has 2 aromatic rings. The molecule has 1 saturated heterocycles. The van der Waals surface area contributed by atoms with E-state index in [1.54, 1.807) is 12.4 Å². The predicted octanol–water partition coefficient (Wildman–Crippen LogP) is 2.27. The van der Waals surface area contributed by atoms with Crippen molar-refractivity contribution in [3.05, 3.63) is 28.8 Å². The second-order valence-electron chi connectivity index (χ2n) is 3.93. The predicted molar refractivity (Wildman–Crippen MR) is 73.3 cm³/mol. The maximum atomic E-state index is 5.32. The standard InChI is InChI=1S/C11H11BrN4OS/c12-8-3-7(4-13-5-8)10-15-11(17-16-10)9-6-18-2-1-14-9/h3-5,9,14H,1-2,6H2. The highest BCUT2D eigenvalue weighted by Gasteiger charge is 2.21. The van der Waals surface area contributed by atoms with Gasteiger partial charge in [-0.3, -0.25) is 4.98 Å². The fraction of sp³-hybridized carbons (Fsp3) is 0.364. The number of halogens is 1. The molecule has 0 saturated carbocycles. The normalized spacial score (nSPS) is 19.9. The second-order valence-corrected chi connectivity index (χ2v) is 6.00. The van der Waals surface area contributed by atoms with Crippen molar-refractivity contribution < 1.29 is 4.52 Å². The smallest absolute Gasteiger partial charge is 0.244 e. The molecule has 1 fully saturated rings. The molecule has 1 unspecified atom stereocenters. The zero-order chi connectivity index (χ0) is 12.4. The quantitative estimate of drug-likeness (QED) is 0.913. The monoisotopic (exact) mass is 326 g/mol. The first kappa shape index (κ1) is 12.1. The van der Waals surface area contributed by atoms with Crippen LogP contribution in [0.2, 0.25) is 0 Å². The minimum Gasteiger partial charge on any atom is -0.337 e. The van der Waals surface area contributed by atoms with Crippen molar-refractivity contribution in [2.45, 2.75) is 6.04 Å². The van der Waals surface area contributed by atoms with Crippen LogP contribution in [-0.2, 0) is 0 Å². The number of thioether (sulfide) groups is 1. The first-order valence-electron chi connectivity index (χ1n) is 5.58. The lowest BCUT2D eigenvalue weighted by Crippen LogP contribution is -2.30. The molecule has 0 aromatic carbocycles. The first-order chi connectivity index (χ1) is 8.83. The van der Waals surface area contributed by atoms with Crippen LogP contribution in [0.5, 0.6) is 0 Å². The van der Waals surface area contributed by atoms with Gasteiger partial charge < -0.3 is 9.84 Å². The van der Waals surface area contributed by atoms with Gasteiger partial charge in [0.1, 0.15) is 0 Å². The first-order valence-corrected chi connectivity index (χ1v) is 7.53. The van der Waals surface area contributed by atoms with Crippen molar-refractivity contribution in [2.75, 3.05) is 18.1 Å². The number of hydrogen-bond acceptors (Lipinski definition) is 6. The van der Waals surface area contributed by atoms with Crippen LogP contribution in [0.25, 0.3) is 11.4 Å². The zero-order valence-electron chi connectivity index (χ0n) is 9.47. The van der Waals surface area contributed by atoms with E-state index in [4.69, 9.17) is 4.52 Å². The van der Waals surface area contributed by atoms with Crippen molar-refractivity contribution >= 4 is 27.7 Å². The van der Waals surface area contributed by atoms with E-state index >= 15 is 0 Å². The Morgan fingerprint density at radius 1 is 1.44 bits per heavy atom. The molecule has 0 amide bonds. The van der Waals surface area contributed by atoms with E-state index in [0.29, 0.717) is 11.7 Å². The van der Waals surface area contributed by atoms with Crippen LogP contribution in [0.15, 0.2) is 27.5 Å². The van der Waals surface area contributed by atoms with Gasteiger partial charge in [-0.15, -0.1) is 0 Å². The van der Waals surface area contributed by atoms with Crippen LogP contribution in [0.1, 0.15) is 11.9 Å². The molecule has 1 aliphatic heterocycles. The Hall–Kier alpha value is -0.920. The molecule has 3 rings (SSSR count). The summed E-state index contributed by atoms with van der Waals surface area (Å²) < 4.78 is 6.22. The Morgan fingerprint density at radius 3 is 3.17 bits per heavy atom. The zero-order valence-corrected chi connectivity index (χ0v) is 11.9. The number of pyridine rings is 1. The molecular weight excluding hydrogens is 316 g/mol. The van der Waals surface area contributed by atoms with Gasteiger partial charge in [0.25, 0.3) is 0 Å². The van der Waals surface area contributed by atoms with E-state index < -0.39 is 0 Å². The molecule has 1 N–H and O–H groups in total. The maximum absolute atomic E-state index is 5.32. The van der Waals surface area contributed by atoms with Gasteiger partial charge in [0, 0.05) is 40.5 Å².